The van der Waals surface area contributed by atoms with Gasteiger partial charge < -0.3 is 10.2 Å². The first-order valence-corrected chi connectivity index (χ1v) is 7.70. The minimum atomic E-state index is -0.323. The molecular formula is C15H20N2O2S. The van der Waals surface area contributed by atoms with Crippen LogP contribution in [0.5, 0.6) is 0 Å². The maximum atomic E-state index is 12.3. The summed E-state index contributed by atoms with van der Waals surface area (Å²) in [5.74, 6) is -0.150. The van der Waals surface area contributed by atoms with Crippen LogP contribution in [0.4, 0.5) is 0 Å². The Labute approximate surface area is 123 Å². The van der Waals surface area contributed by atoms with Gasteiger partial charge in [-0.3, -0.25) is 9.59 Å². The molecule has 0 bridgehead atoms. The molecule has 4 nitrogen and oxygen atoms in total. The van der Waals surface area contributed by atoms with Gasteiger partial charge in [-0.2, -0.15) is 0 Å². The molecule has 20 heavy (non-hydrogen) atoms. The zero-order valence-electron chi connectivity index (χ0n) is 11.9. The minimum absolute atomic E-state index is 0.0709. The fourth-order valence-corrected chi connectivity index (χ4v) is 3.21. The van der Waals surface area contributed by atoms with Crippen LogP contribution in [-0.4, -0.2) is 36.3 Å². The van der Waals surface area contributed by atoms with Gasteiger partial charge in [0.15, 0.2) is 0 Å². The molecule has 2 amide bonds. The molecule has 1 aromatic rings. The normalized spacial score (nSPS) is 19.3. The van der Waals surface area contributed by atoms with E-state index in [0.29, 0.717) is 6.54 Å². The number of aryl methyl sites for hydroxylation is 1. The highest BCUT2D eigenvalue weighted by Crippen LogP contribution is 2.19. The number of nitrogens with one attached hydrogen (secondary N) is 1. The van der Waals surface area contributed by atoms with Crippen molar-refractivity contribution >= 4 is 29.2 Å². The van der Waals surface area contributed by atoms with Crippen LogP contribution in [0.3, 0.4) is 0 Å². The lowest BCUT2D eigenvalue weighted by Crippen LogP contribution is -2.50. The summed E-state index contributed by atoms with van der Waals surface area (Å²) in [4.78, 5) is 28.1. The summed E-state index contributed by atoms with van der Waals surface area (Å²) in [5.41, 5.74) is 0. The third-order valence-electron chi connectivity index (χ3n) is 3.49. The van der Waals surface area contributed by atoms with Crippen LogP contribution < -0.4 is 5.32 Å². The number of thiophene rings is 1. The Kier molecular flexibility index (Phi) is 4.95. The molecule has 1 saturated heterocycles. The summed E-state index contributed by atoms with van der Waals surface area (Å²) >= 11 is 1.65. The summed E-state index contributed by atoms with van der Waals surface area (Å²) in [6.07, 6.45) is 6.11. The molecule has 5 heteroatoms. The number of hydrogen-bond donors (Lipinski definition) is 1. The van der Waals surface area contributed by atoms with Gasteiger partial charge in [-0.1, -0.05) is 0 Å². The topological polar surface area (TPSA) is 49.4 Å². The van der Waals surface area contributed by atoms with Crippen molar-refractivity contribution in [3.05, 3.63) is 28.0 Å². The first kappa shape index (κ1) is 14.8. The van der Waals surface area contributed by atoms with Crippen molar-refractivity contribution in [2.75, 3.05) is 13.6 Å². The Bertz CT molecular complexity index is 522. The van der Waals surface area contributed by atoms with Gasteiger partial charge in [0.25, 0.3) is 0 Å². The highest BCUT2D eigenvalue weighted by molar-refractivity contribution is 7.12. The summed E-state index contributed by atoms with van der Waals surface area (Å²) < 4.78 is 0. The van der Waals surface area contributed by atoms with Gasteiger partial charge in [0.1, 0.15) is 6.04 Å². The number of carbonyl (C=O) groups is 2. The van der Waals surface area contributed by atoms with Gasteiger partial charge in [-0.25, -0.2) is 0 Å². The molecule has 0 aromatic carbocycles. The maximum Gasteiger partial charge on any atom is 0.247 e. The molecule has 0 spiro atoms. The number of piperidine rings is 1. The smallest absolute Gasteiger partial charge is 0.247 e. The molecule has 2 heterocycles. The van der Waals surface area contributed by atoms with Gasteiger partial charge in [0, 0.05) is 29.4 Å². The highest BCUT2D eigenvalue weighted by Gasteiger charge is 2.30. The van der Waals surface area contributed by atoms with Crippen molar-refractivity contribution < 1.29 is 9.59 Å². The van der Waals surface area contributed by atoms with Crippen LogP contribution in [0.15, 0.2) is 18.2 Å². The molecular weight excluding hydrogens is 272 g/mol. The number of likely N-dealkylation sites (N-methyl/N-ethyl adjacent to an activating group) is 1. The Morgan fingerprint density at radius 1 is 1.40 bits per heavy atom. The Morgan fingerprint density at radius 2 is 2.20 bits per heavy atom. The van der Waals surface area contributed by atoms with Crippen molar-refractivity contribution in [1.82, 2.24) is 10.2 Å². The molecule has 1 aliphatic heterocycles. The molecule has 1 fully saturated rings. The van der Waals surface area contributed by atoms with Gasteiger partial charge in [0.2, 0.25) is 11.8 Å². The van der Waals surface area contributed by atoms with E-state index in [1.54, 1.807) is 29.4 Å². The average molecular weight is 292 g/mol. The SMILES string of the molecule is CNC(=O)C1CCCCN1C(=O)C=Cc1ccc(C)s1. The number of amides is 2. The van der Waals surface area contributed by atoms with Crippen molar-refractivity contribution in [2.45, 2.75) is 32.2 Å². The highest BCUT2D eigenvalue weighted by atomic mass is 32.1. The van der Waals surface area contributed by atoms with Gasteiger partial charge in [-0.05, 0) is 44.4 Å². The van der Waals surface area contributed by atoms with E-state index >= 15 is 0 Å². The standard InChI is InChI=1S/C15H20N2O2S/c1-11-6-7-12(20-11)8-9-14(18)17-10-4-3-5-13(17)15(19)16-2/h6-9,13H,3-5,10H2,1-2H3,(H,16,19). The van der Waals surface area contributed by atoms with E-state index in [1.165, 1.54) is 4.88 Å². The number of likely N-dealkylation sites (tertiary alicyclic amines) is 1. The number of carbonyl (C=O) groups excluding carboxylic acids is 2. The summed E-state index contributed by atoms with van der Waals surface area (Å²) in [6.45, 7) is 2.70. The lowest BCUT2D eigenvalue weighted by Gasteiger charge is -2.33. The van der Waals surface area contributed by atoms with Crippen LogP contribution in [0.2, 0.25) is 0 Å². The predicted molar refractivity (Wildman–Crippen MR) is 81.5 cm³/mol. The first-order valence-electron chi connectivity index (χ1n) is 6.88. The molecule has 0 aliphatic carbocycles. The fourth-order valence-electron chi connectivity index (χ4n) is 2.43. The van der Waals surface area contributed by atoms with E-state index in [1.807, 2.05) is 25.1 Å². The summed E-state index contributed by atoms with van der Waals surface area (Å²) in [7, 11) is 1.61. The monoisotopic (exact) mass is 292 g/mol. The molecule has 1 unspecified atom stereocenters. The minimum Gasteiger partial charge on any atom is -0.357 e. The fraction of sp³-hybridized carbons (Fsp3) is 0.467. The predicted octanol–water partition coefficient (Wildman–Crippen LogP) is 2.20. The molecule has 1 aliphatic rings. The van der Waals surface area contributed by atoms with Crippen LogP contribution in [0.25, 0.3) is 6.08 Å². The van der Waals surface area contributed by atoms with E-state index in [0.717, 1.165) is 24.1 Å². The number of rotatable bonds is 3. The summed E-state index contributed by atoms with van der Waals surface area (Å²) in [5, 5.41) is 2.64. The molecule has 0 saturated carbocycles. The lowest BCUT2D eigenvalue weighted by atomic mass is 10.0. The first-order chi connectivity index (χ1) is 9.61. The van der Waals surface area contributed by atoms with Crippen LogP contribution in [-0.2, 0) is 9.59 Å². The maximum absolute atomic E-state index is 12.3. The molecule has 1 aromatic heterocycles. The van der Waals surface area contributed by atoms with Crippen molar-refractivity contribution in [3.8, 4) is 0 Å². The van der Waals surface area contributed by atoms with Gasteiger partial charge in [0.05, 0.1) is 0 Å². The van der Waals surface area contributed by atoms with Crippen molar-refractivity contribution in [1.29, 1.82) is 0 Å². The number of nitrogens with zero attached hydrogens (tertiary/aromatic N) is 1. The van der Waals surface area contributed by atoms with E-state index in [9.17, 15) is 9.59 Å². The summed E-state index contributed by atoms with van der Waals surface area (Å²) in [6, 6.07) is 3.70. The van der Waals surface area contributed by atoms with Crippen molar-refractivity contribution in [2.24, 2.45) is 0 Å². The second kappa shape index (κ2) is 6.70. The zero-order chi connectivity index (χ0) is 14.5. The molecule has 1 N–H and O–H groups in total. The van der Waals surface area contributed by atoms with E-state index < -0.39 is 0 Å². The third kappa shape index (κ3) is 3.48. The average Bonchev–Trinajstić information content (AvgIpc) is 2.89. The molecule has 0 radical (unpaired) electrons. The van der Waals surface area contributed by atoms with Crippen LogP contribution in [0, 0.1) is 6.92 Å². The Balaban J connectivity index is 2.06. The lowest BCUT2D eigenvalue weighted by molar-refractivity contribution is -0.138. The van der Waals surface area contributed by atoms with Crippen molar-refractivity contribution in [3.63, 3.8) is 0 Å². The number of hydrogen-bond acceptors (Lipinski definition) is 3. The molecule has 1 atom stereocenters. The third-order valence-corrected chi connectivity index (χ3v) is 4.45. The quantitative estimate of drug-likeness (QED) is 0.868. The molecule has 2 rings (SSSR count). The van der Waals surface area contributed by atoms with E-state index in [2.05, 4.69) is 5.32 Å². The van der Waals surface area contributed by atoms with E-state index in [4.69, 9.17) is 0 Å². The van der Waals surface area contributed by atoms with Gasteiger partial charge in [-0.15, -0.1) is 11.3 Å². The molecule has 108 valence electrons. The van der Waals surface area contributed by atoms with E-state index in [-0.39, 0.29) is 17.9 Å². The largest absolute Gasteiger partial charge is 0.357 e. The van der Waals surface area contributed by atoms with Crippen LogP contribution in [0.1, 0.15) is 29.0 Å². The van der Waals surface area contributed by atoms with Crippen LogP contribution >= 0.6 is 11.3 Å². The second-order valence-electron chi connectivity index (χ2n) is 4.94. The second-order valence-corrected chi connectivity index (χ2v) is 6.26. The van der Waals surface area contributed by atoms with Gasteiger partial charge >= 0.3 is 0 Å². The Morgan fingerprint density at radius 3 is 2.85 bits per heavy atom. The Hall–Kier alpha value is -1.62. The zero-order valence-corrected chi connectivity index (χ0v) is 12.7.